The molecule has 30 heavy (non-hydrogen) atoms. The van der Waals surface area contributed by atoms with Crippen molar-refractivity contribution in [3.05, 3.63) is 65.9 Å². The lowest BCUT2D eigenvalue weighted by Gasteiger charge is -2.28. The van der Waals surface area contributed by atoms with Crippen LogP contribution in [0, 0.1) is 5.92 Å². The van der Waals surface area contributed by atoms with Crippen LogP contribution in [0.1, 0.15) is 30.4 Å². The van der Waals surface area contributed by atoms with Crippen LogP contribution in [0.15, 0.2) is 54.7 Å². The van der Waals surface area contributed by atoms with E-state index in [2.05, 4.69) is 58.6 Å². The number of aromatic nitrogens is 1. The molecule has 1 saturated heterocycles. The molecule has 2 aromatic carbocycles. The number of nitrogen functional groups attached to an aromatic ring is 1. The van der Waals surface area contributed by atoms with Crippen molar-refractivity contribution in [2.24, 2.45) is 5.92 Å². The number of rotatable bonds is 6. The molecule has 6 heteroatoms. The molecule has 4 rings (SSSR count). The molecular weight excluding hydrogens is 415 g/mol. The van der Waals surface area contributed by atoms with E-state index in [0.717, 1.165) is 28.9 Å². The fourth-order valence-corrected chi connectivity index (χ4v) is 4.06. The van der Waals surface area contributed by atoms with Crippen LogP contribution in [-0.4, -0.2) is 30.0 Å². The van der Waals surface area contributed by atoms with Gasteiger partial charge in [0.05, 0.1) is 0 Å². The first-order valence-corrected chi connectivity index (χ1v) is 10.3. The number of aryl methyl sites for hydroxylation is 1. The molecule has 162 valence electrons. The number of fused-ring (bicyclic) bond motifs is 1. The molecule has 1 aromatic heterocycles. The maximum Gasteiger partial charge on any atom is 0.131 e. The molecule has 3 aromatic rings. The second-order valence-corrected chi connectivity index (χ2v) is 8.09. The largest absolute Gasteiger partial charge is 0.383 e. The lowest BCUT2D eigenvalue weighted by molar-refractivity contribution is 0.212. The Kier molecular flexibility index (Phi) is 9.22. The molecule has 3 N–H and O–H groups in total. The Morgan fingerprint density at radius 1 is 1.00 bits per heavy atom. The van der Waals surface area contributed by atoms with Gasteiger partial charge in [-0.2, -0.15) is 0 Å². The van der Waals surface area contributed by atoms with E-state index < -0.39 is 0 Å². The van der Waals surface area contributed by atoms with Crippen LogP contribution in [0.2, 0.25) is 0 Å². The summed E-state index contributed by atoms with van der Waals surface area (Å²) < 4.78 is 0. The summed E-state index contributed by atoms with van der Waals surface area (Å²) in [5.41, 5.74) is 9.79. The average Bonchev–Trinajstić information content (AvgIpc) is 2.73. The van der Waals surface area contributed by atoms with E-state index in [0.29, 0.717) is 5.82 Å². The van der Waals surface area contributed by atoms with Gasteiger partial charge in [0, 0.05) is 23.8 Å². The molecular formula is C24H32Cl2N4. The highest BCUT2D eigenvalue weighted by molar-refractivity contribution is 5.92. The van der Waals surface area contributed by atoms with Gasteiger partial charge in [0.1, 0.15) is 5.82 Å². The first kappa shape index (κ1) is 24.3. The van der Waals surface area contributed by atoms with E-state index in [4.69, 9.17) is 5.73 Å². The quantitative estimate of drug-likeness (QED) is 0.521. The molecule has 0 atom stereocenters. The van der Waals surface area contributed by atoms with Crippen LogP contribution in [-0.2, 0) is 13.0 Å². The van der Waals surface area contributed by atoms with E-state index in [1.54, 1.807) is 6.20 Å². The fourth-order valence-electron chi connectivity index (χ4n) is 4.06. The second kappa shape index (κ2) is 11.4. The average molecular weight is 447 g/mol. The molecule has 1 aliphatic heterocycles. The zero-order valence-corrected chi connectivity index (χ0v) is 19.1. The topological polar surface area (TPSA) is 54.2 Å². The van der Waals surface area contributed by atoms with Crippen LogP contribution in [0.5, 0.6) is 0 Å². The third kappa shape index (κ3) is 6.24. The molecule has 0 spiro atoms. The van der Waals surface area contributed by atoms with Gasteiger partial charge in [0.15, 0.2) is 0 Å². The summed E-state index contributed by atoms with van der Waals surface area (Å²) in [6, 6.07) is 17.3. The van der Waals surface area contributed by atoms with Crippen molar-refractivity contribution in [3.8, 4) is 0 Å². The highest BCUT2D eigenvalue weighted by Crippen LogP contribution is 2.24. The van der Waals surface area contributed by atoms with Crippen molar-refractivity contribution in [1.82, 2.24) is 9.88 Å². The first-order valence-electron chi connectivity index (χ1n) is 10.3. The standard InChI is InChI=1S/C24H30N4.2ClH/c1-28-14-11-19(12-15-28)3-2-18-4-6-20(7-5-18)17-27-22-8-9-23-21(16-22)10-13-26-24(23)25;;/h4-10,13,16,19,27H,2-3,11-12,14-15,17H2,1H3,(H2,25,26);2*1H. The third-order valence-electron chi connectivity index (χ3n) is 5.99. The van der Waals surface area contributed by atoms with Gasteiger partial charge in [-0.15, -0.1) is 24.8 Å². The minimum Gasteiger partial charge on any atom is -0.383 e. The monoisotopic (exact) mass is 446 g/mol. The van der Waals surface area contributed by atoms with Gasteiger partial charge in [0.2, 0.25) is 0 Å². The summed E-state index contributed by atoms with van der Waals surface area (Å²) >= 11 is 0. The van der Waals surface area contributed by atoms with E-state index in [9.17, 15) is 0 Å². The molecule has 4 nitrogen and oxygen atoms in total. The Bertz CT molecular complexity index is 922. The summed E-state index contributed by atoms with van der Waals surface area (Å²) in [4.78, 5) is 6.59. The molecule has 0 unspecified atom stereocenters. The lowest BCUT2D eigenvalue weighted by Crippen LogP contribution is -2.30. The Morgan fingerprint density at radius 3 is 2.43 bits per heavy atom. The summed E-state index contributed by atoms with van der Waals surface area (Å²) in [6.07, 6.45) is 6.98. The van der Waals surface area contributed by atoms with Gasteiger partial charge in [-0.3, -0.25) is 0 Å². The molecule has 1 aliphatic rings. The molecule has 0 saturated carbocycles. The number of likely N-dealkylation sites (tertiary alicyclic amines) is 1. The number of nitrogens with two attached hydrogens (primary N) is 1. The minimum absolute atomic E-state index is 0. The SMILES string of the molecule is CN1CCC(CCc2ccc(CNc3ccc4c(N)nccc4c3)cc2)CC1.Cl.Cl. The Labute approximate surface area is 192 Å². The fraction of sp³-hybridized carbons (Fsp3) is 0.375. The van der Waals surface area contributed by atoms with Crippen LogP contribution >= 0.6 is 24.8 Å². The zero-order valence-electron chi connectivity index (χ0n) is 17.5. The van der Waals surface area contributed by atoms with Crippen molar-refractivity contribution in [3.63, 3.8) is 0 Å². The Hall–Kier alpha value is -2.01. The number of nitrogens with zero attached hydrogens (tertiary/aromatic N) is 2. The van der Waals surface area contributed by atoms with Crippen LogP contribution in [0.3, 0.4) is 0 Å². The number of benzene rings is 2. The number of pyridine rings is 1. The highest BCUT2D eigenvalue weighted by Gasteiger charge is 2.16. The summed E-state index contributed by atoms with van der Waals surface area (Å²) in [7, 11) is 2.23. The van der Waals surface area contributed by atoms with E-state index >= 15 is 0 Å². The van der Waals surface area contributed by atoms with Gasteiger partial charge >= 0.3 is 0 Å². The zero-order chi connectivity index (χ0) is 19.3. The number of nitrogens with one attached hydrogen (secondary N) is 1. The summed E-state index contributed by atoms with van der Waals surface area (Å²) in [5.74, 6) is 1.48. The van der Waals surface area contributed by atoms with Crippen molar-refractivity contribution in [2.45, 2.75) is 32.2 Å². The van der Waals surface area contributed by atoms with Crippen molar-refractivity contribution in [2.75, 3.05) is 31.2 Å². The number of hydrogen-bond donors (Lipinski definition) is 2. The summed E-state index contributed by atoms with van der Waals surface area (Å²) in [6.45, 7) is 3.33. The second-order valence-electron chi connectivity index (χ2n) is 8.09. The van der Waals surface area contributed by atoms with Crippen molar-refractivity contribution < 1.29 is 0 Å². The van der Waals surface area contributed by atoms with E-state index in [-0.39, 0.29) is 24.8 Å². The minimum atomic E-state index is 0. The molecule has 0 amide bonds. The molecule has 0 radical (unpaired) electrons. The van der Waals surface area contributed by atoms with E-state index in [1.165, 1.54) is 49.9 Å². The van der Waals surface area contributed by atoms with Crippen LogP contribution in [0.4, 0.5) is 11.5 Å². The predicted molar refractivity (Wildman–Crippen MR) is 133 cm³/mol. The first-order chi connectivity index (χ1) is 13.7. The number of anilines is 2. The lowest BCUT2D eigenvalue weighted by atomic mass is 9.90. The molecule has 1 fully saturated rings. The predicted octanol–water partition coefficient (Wildman–Crippen LogP) is 5.55. The molecule has 0 bridgehead atoms. The van der Waals surface area contributed by atoms with Gasteiger partial charge in [0.25, 0.3) is 0 Å². The van der Waals surface area contributed by atoms with Crippen LogP contribution < -0.4 is 11.1 Å². The van der Waals surface area contributed by atoms with Gasteiger partial charge < -0.3 is 16.0 Å². The van der Waals surface area contributed by atoms with Gasteiger partial charge in [-0.25, -0.2) is 4.98 Å². The maximum absolute atomic E-state index is 5.93. The Morgan fingerprint density at radius 2 is 1.70 bits per heavy atom. The normalized spacial score (nSPS) is 14.7. The van der Waals surface area contributed by atoms with Crippen LogP contribution in [0.25, 0.3) is 10.8 Å². The maximum atomic E-state index is 5.93. The number of halogens is 2. The van der Waals surface area contributed by atoms with Crippen molar-refractivity contribution >= 4 is 47.1 Å². The van der Waals surface area contributed by atoms with E-state index in [1.807, 2.05) is 12.1 Å². The highest BCUT2D eigenvalue weighted by atomic mass is 35.5. The summed E-state index contributed by atoms with van der Waals surface area (Å²) in [5, 5.41) is 5.63. The third-order valence-corrected chi connectivity index (χ3v) is 5.99. The molecule has 2 heterocycles. The molecule has 0 aliphatic carbocycles. The Balaban J connectivity index is 0.00000160. The van der Waals surface area contributed by atoms with Crippen molar-refractivity contribution in [1.29, 1.82) is 0 Å². The smallest absolute Gasteiger partial charge is 0.131 e. The van der Waals surface area contributed by atoms with Gasteiger partial charge in [-0.1, -0.05) is 24.3 Å². The van der Waals surface area contributed by atoms with Gasteiger partial charge in [-0.05, 0) is 92.5 Å². The number of hydrogen-bond acceptors (Lipinski definition) is 4. The number of piperidine rings is 1.